The maximum Gasteiger partial charge on any atom is 0.514 e. The van der Waals surface area contributed by atoms with E-state index in [1.165, 1.54) is 43.3 Å². The van der Waals surface area contributed by atoms with E-state index in [0.29, 0.717) is 11.3 Å². The smallest absolute Gasteiger partial charge is 0.481 e. The van der Waals surface area contributed by atoms with Crippen LogP contribution in [0.25, 0.3) is 0 Å². The van der Waals surface area contributed by atoms with Crippen LogP contribution in [0.1, 0.15) is 44.6 Å². The number of anilines is 1. The highest BCUT2D eigenvalue weighted by Crippen LogP contribution is 2.28. The minimum atomic E-state index is -1.35. The summed E-state index contributed by atoms with van der Waals surface area (Å²) in [7, 11) is 0. The second-order valence-electron chi connectivity index (χ2n) is 13.7. The first-order valence-corrected chi connectivity index (χ1v) is 19.0. The standard InChI is InChI=1S/C38H50N6O17/c1-22(46)41-34-29(18-24(20-45)35(52)36(34)53)59-17-16-58-15-14-39-30(47)11-12-31(48)43-28(10-13-33(50)51)37(54)40-19-32(49)42-25-4-2-23(3-5-25)21-60-38(55)61-27-8-6-26(7-9-27)44(56)57/h2-9,24,28-29,34-36,45,52-53H,10-21H2,1H3,(H,39,47)(H,40,54)(H,41,46)(H,42,49)(H,43,48)(H,50,51). The van der Waals surface area contributed by atoms with Gasteiger partial charge in [-0.05, 0) is 42.7 Å². The number of benzene rings is 2. The van der Waals surface area contributed by atoms with Crippen molar-refractivity contribution in [1.82, 2.24) is 21.3 Å². The van der Waals surface area contributed by atoms with Crippen molar-refractivity contribution in [3.8, 4) is 5.75 Å². The highest BCUT2D eigenvalue weighted by atomic mass is 16.7. The first-order valence-electron chi connectivity index (χ1n) is 19.0. The van der Waals surface area contributed by atoms with Gasteiger partial charge in [0.15, 0.2) is 0 Å². The molecular weight excluding hydrogens is 812 g/mol. The number of nitro groups is 1. The average Bonchev–Trinajstić information content (AvgIpc) is 3.22. The van der Waals surface area contributed by atoms with E-state index < -0.39 is 95.9 Å². The van der Waals surface area contributed by atoms with Gasteiger partial charge < -0.3 is 66.0 Å². The Morgan fingerprint density at radius 1 is 0.869 bits per heavy atom. The van der Waals surface area contributed by atoms with Crippen molar-refractivity contribution in [1.29, 1.82) is 0 Å². The van der Waals surface area contributed by atoms with Gasteiger partial charge in [0.2, 0.25) is 29.5 Å². The van der Waals surface area contributed by atoms with Gasteiger partial charge in [-0.15, -0.1) is 0 Å². The molecule has 0 saturated heterocycles. The molecule has 1 aliphatic carbocycles. The minimum absolute atomic E-state index is 0.0414. The molecule has 0 heterocycles. The maximum atomic E-state index is 12.8. The van der Waals surface area contributed by atoms with E-state index >= 15 is 0 Å². The second-order valence-corrected chi connectivity index (χ2v) is 13.7. The Balaban J connectivity index is 1.33. The summed E-state index contributed by atoms with van der Waals surface area (Å²) in [5, 5.41) is 62.4. The summed E-state index contributed by atoms with van der Waals surface area (Å²) in [5.41, 5.74) is 0.661. The summed E-state index contributed by atoms with van der Waals surface area (Å²) in [6, 6.07) is 8.65. The third kappa shape index (κ3) is 17.9. The van der Waals surface area contributed by atoms with Gasteiger partial charge in [-0.1, -0.05) is 12.1 Å². The third-order valence-electron chi connectivity index (χ3n) is 9.01. The topological polar surface area (TPSA) is 341 Å². The zero-order valence-electron chi connectivity index (χ0n) is 33.1. The highest BCUT2D eigenvalue weighted by molar-refractivity contribution is 5.96. The van der Waals surface area contributed by atoms with Crippen LogP contribution < -0.4 is 31.3 Å². The van der Waals surface area contributed by atoms with Crippen LogP contribution >= 0.6 is 0 Å². The van der Waals surface area contributed by atoms with Gasteiger partial charge in [0, 0.05) is 63.1 Å². The van der Waals surface area contributed by atoms with Crippen LogP contribution in [0.5, 0.6) is 5.75 Å². The predicted molar refractivity (Wildman–Crippen MR) is 208 cm³/mol. The van der Waals surface area contributed by atoms with Crippen molar-refractivity contribution in [3.63, 3.8) is 0 Å². The first-order chi connectivity index (χ1) is 29.1. The molecule has 23 heteroatoms. The lowest BCUT2D eigenvalue weighted by atomic mass is 9.79. The van der Waals surface area contributed by atoms with E-state index in [0.717, 1.165) is 12.1 Å². The fraction of sp³-hybridized carbons (Fsp3) is 0.500. The van der Waals surface area contributed by atoms with Crippen LogP contribution in [0.2, 0.25) is 0 Å². The lowest BCUT2D eigenvalue weighted by molar-refractivity contribution is -0.384. The molecule has 3 rings (SSSR count). The number of nitrogens with zero attached hydrogens (tertiary/aromatic N) is 1. The van der Waals surface area contributed by atoms with Crippen LogP contribution in [-0.2, 0) is 49.6 Å². The number of rotatable bonds is 24. The fourth-order valence-electron chi connectivity index (χ4n) is 5.89. The Morgan fingerprint density at radius 3 is 2.20 bits per heavy atom. The molecule has 1 fully saturated rings. The van der Waals surface area contributed by atoms with E-state index in [2.05, 4.69) is 26.6 Å². The highest BCUT2D eigenvalue weighted by Gasteiger charge is 2.44. The third-order valence-corrected chi connectivity index (χ3v) is 9.01. The van der Waals surface area contributed by atoms with E-state index in [-0.39, 0.29) is 76.7 Å². The summed E-state index contributed by atoms with van der Waals surface area (Å²) in [5.74, 6) is -4.99. The van der Waals surface area contributed by atoms with Gasteiger partial charge in [-0.3, -0.25) is 38.9 Å². The molecular formula is C38H50N6O17. The number of carboxylic acid groups (broad SMARTS) is 1. The zero-order chi connectivity index (χ0) is 44.9. The van der Waals surface area contributed by atoms with Gasteiger partial charge in [-0.25, -0.2) is 4.79 Å². The van der Waals surface area contributed by atoms with Crippen LogP contribution in [0.3, 0.4) is 0 Å². The minimum Gasteiger partial charge on any atom is -0.481 e. The lowest BCUT2D eigenvalue weighted by Crippen LogP contribution is -2.61. The Morgan fingerprint density at radius 2 is 1.56 bits per heavy atom. The van der Waals surface area contributed by atoms with E-state index in [1.54, 1.807) is 0 Å². The normalized spacial score (nSPS) is 18.7. The fourth-order valence-corrected chi connectivity index (χ4v) is 5.89. The van der Waals surface area contributed by atoms with Crippen molar-refractivity contribution in [2.24, 2.45) is 5.92 Å². The zero-order valence-corrected chi connectivity index (χ0v) is 33.1. The maximum absolute atomic E-state index is 12.8. The average molecular weight is 863 g/mol. The number of non-ortho nitro benzene ring substituents is 1. The first kappa shape index (κ1) is 49.1. The van der Waals surface area contributed by atoms with Gasteiger partial charge in [0.25, 0.3) is 5.69 Å². The molecule has 0 aromatic heterocycles. The number of nitrogens with one attached hydrogen (secondary N) is 5. The van der Waals surface area contributed by atoms with Gasteiger partial charge in [-0.2, -0.15) is 0 Å². The van der Waals surface area contributed by atoms with E-state index in [9.17, 15) is 59.0 Å². The number of aliphatic hydroxyl groups is 3. The monoisotopic (exact) mass is 862 g/mol. The van der Waals surface area contributed by atoms with Crippen LogP contribution in [0.4, 0.5) is 16.2 Å². The number of hydrogen-bond donors (Lipinski definition) is 9. The molecule has 0 aliphatic heterocycles. The predicted octanol–water partition coefficient (Wildman–Crippen LogP) is -0.748. The van der Waals surface area contributed by atoms with Gasteiger partial charge >= 0.3 is 12.1 Å². The number of carbonyl (C=O) groups is 7. The Hall–Kier alpha value is -6.27. The molecule has 0 bridgehead atoms. The van der Waals surface area contributed by atoms with Crippen molar-refractivity contribution in [2.45, 2.75) is 76.0 Å². The second kappa shape index (κ2) is 25.4. The molecule has 6 atom stereocenters. The molecule has 0 spiro atoms. The number of nitro benzene ring substituents is 1. The molecule has 61 heavy (non-hydrogen) atoms. The molecule has 23 nitrogen and oxygen atoms in total. The Bertz CT molecular complexity index is 1810. The van der Waals surface area contributed by atoms with Crippen LogP contribution in [0, 0.1) is 16.0 Å². The Kier molecular flexibility index (Phi) is 20.4. The van der Waals surface area contributed by atoms with Crippen molar-refractivity contribution < 1.29 is 77.9 Å². The van der Waals surface area contributed by atoms with Crippen molar-refractivity contribution >= 4 is 53.0 Å². The quantitative estimate of drug-likeness (QED) is 0.0206. The number of hydrogen-bond acceptors (Lipinski definition) is 16. The summed E-state index contributed by atoms with van der Waals surface area (Å²) < 4.78 is 21.2. The molecule has 2 aromatic rings. The molecule has 334 valence electrons. The largest absolute Gasteiger partial charge is 0.514 e. The molecule has 6 unspecified atom stereocenters. The molecule has 5 amide bonds. The summed E-state index contributed by atoms with van der Waals surface area (Å²) in [6.07, 6.45) is -5.54. The molecule has 0 radical (unpaired) electrons. The van der Waals surface area contributed by atoms with Crippen molar-refractivity contribution in [3.05, 3.63) is 64.2 Å². The molecule has 1 saturated carbocycles. The van der Waals surface area contributed by atoms with E-state index in [1.807, 2.05) is 0 Å². The van der Waals surface area contributed by atoms with Crippen LogP contribution in [-0.4, -0.2) is 137 Å². The SMILES string of the molecule is CC(=O)NC1C(OCCOCCNC(=O)CCC(=O)NC(CCC(=O)O)C(=O)NCC(=O)Nc2ccc(COC(=O)Oc3ccc([N+](=O)[O-])cc3)cc2)CC(CO)C(O)C1O. The summed E-state index contributed by atoms with van der Waals surface area (Å²) >= 11 is 0. The number of aliphatic carboxylic acids is 1. The molecule has 2 aromatic carbocycles. The lowest BCUT2D eigenvalue weighted by Gasteiger charge is -2.42. The van der Waals surface area contributed by atoms with Crippen LogP contribution in [0.15, 0.2) is 48.5 Å². The Labute approximate surface area is 348 Å². The number of carboxylic acids is 1. The van der Waals surface area contributed by atoms with Crippen molar-refractivity contribution in [2.75, 3.05) is 44.8 Å². The number of amides is 5. The summed E-state index contributed by atoms with van der Waals surface area (Å²) in [4.78, 5) is 95.1. The molecule has 1 aliphatic rings. The number of aliphatic hydroxyl groups excluding tert-OH is 3. The van der Waals surface area contributed by atoms with Gasteiger partial charge in [0.1, 0.15) is 24.5 Å². The molecule has 9 N–H and O–H groups in total. The number of ether oxygens (including phenoxy) is 4. The van der Waals surface area contributed by atoms with Gasteiger partial charge in [0.05, 0.1) is 49.5 Å². The van der Waals surface area contributed by atoms with E-state index in [4.69, 9.17) is 24.1 Å². The number of carbonyl (C=O) groups excluding carboxylic acids is 6. The summed E-state index contributed by atoms with van der Waals surface area (Å²) in [6.45, 7) is 0.402.